The van der Waals surface area contributed by atoms with Crippen molar-refractivity contribution in [2.24, 2.45) is 5.92 Å². The summed E-state index contributed by atoms with van der Waals surface area (Å²) in [6, 6.07) is 0. The molecule has 1 N–H and O–H groups in total. The van der Waals surface area contributed by atoms with Gasteiger partial charge in [-0.2, -0.15) is 0 Å². The summed E-state index contributed by atoms with van der Waals surface area (Å²) in [6.07, 6.45) is 6.74. The van der Waals surface area contributed by atoms with E-state index in [9.17, 15) is 0 Å². The molecule has 0 aliphatic heterocycles. The van der Waals surface area contributed by atoms with E-state index >= 15 is 0 Å². The molecule has 98 valence electrons. The minimum absolute atomic E-state index is 0.349. The Labute approximate surface area is 102 Å². The molecule has 2 atom stereocenters. The Kier molecular flexibility index (Phi) is 11.3. The monoisotopic (exact) mass is 229 g/mol. The van der Waals surface area contributed by atoms with Crippen LogP contribution in [-0.4, -0.2) is 25.8 Å². The van der Waals surface area contributed by atoms with Crippen LogP contribution < -0.4 is 5.32 Å². The SMILES string of the molecule is CCCCC(CC)COC(C)CNCCC. The first kappa shape index (κ1) is 15.9. The number of nitrogens with one attached hydrogen (secondary N) is 1. The lowest BCUT2D eigenvalue weighted by atomic mass is 10.0. The minimum atomic E-state index is 0.349. The van der Waals surface area contributed by atoms with Crippen molar-refractivity contribution in [3.8, 4) is 0 Å². The van der Waals surface area contributed by atoms with E-state index in [-0.39, 0.29) is 0 Å². The van der Waals surface area contributed by atoms with Crippen molar-refractivity contribution in [3.05, 3.63) is 0 Å². The molecule has 0 saturated heterocycles. The lowest BCUT2D eigenvalue weighted by molar-refractivity contribution is 0.0370. The molecule has 0 heterocycles. The van der Waals surface area contributed by atoms with Gasteiger partial charge in [-0.1, -0.05) is 40.0 Å². The Morgan fingerprint density at radius 3 is 2.44 bits per heavy atom. The zero-order valence-electron chi connectivity index (χ0n) is 11.7. The van der Waals surface area contributed by atoms with Crippen LogP contribution in [0, 0.1) is 5.92 Å². The normalized spacial score (nSPS) is 15.0. The summed E-state index contributed by atoms with van der Waals surface area (Å²) >= 11 is 0. The van der Waals surface area contributed by atoms with Crippen LogP contribution in [-0.2, 0) is 4.74 Å². The van der Waals surface area contributed by atoms with Crippen LogP contribution in [0.1, 0.15) is 59.8 Å². The molecular formula is C14H31NO. The summed E-state index contributed by atoms with van der Waals surface area (Å²) in [5.41, 5.74) is 0. The average Bonchev–Trinajstić information content (AvgIpc) is 2.30. The van der Waals surface area contributed by atoms with Gasteiger partial charge in [0.15, 0.2) is 0 Å². The predicted molar refractivity (Wildman–Crippen MR) is 71.9 cm³/mol. The third kappa shape index (κ3) is 9.17. The maximum Gasteiger partial charge on any atom is 0.0671 e. The van der Waals surface area contributed by atoms with E-state index in [4.69, 9.17) is 4.74 Å². The molecule has 0 spiro atoms. The quantitative estimate of drug-likeness (QED) is 0.547. The van der Waals surface area contributed by atoms with Gasteiger partial charge < -0.3 is 10.1 Å². The second-order valence-electron chi connectivity index (χ2n) is 4.76. The summed E-state index contributed by atoms with van der Waals surface area (Å²) in [4.78, 5) is 0. The van der Waals surface area contributed by atoms with E-state index in [1.54, 1.807) is 0 Å². The molecular weight excluding hydrogens is 198 g/mol. The van der Waals surface area contributed by atoms with Crippen molar-refractivity contribution in [1.82, 2.24) is 5.32 Å². The van der Waals surface area contributed by atoms with E-state index < -0.39 is 0 Å². The van der Waals surface area contributed by atoms with Crippen LogP contribution in [0.4, 0.5) is 0 Å². The molecule has 0 aliphatic rings. The van der Waals surface area contributed by atoms with Gasteiger partial charge >= 0.3 is 0 Å². The summed E-state index contributed by atoms with van der Waals surface area (Å²) < 4.78 is 5.88. The van der Waals surface area contributed by atoms with Crippen LogP contribution in [0.3, 0.4) is 0 Å². The third-order valence-corrected chi connectivity index (χ3v) is 3.02. The number of unbranched alkanes of at least 4 members (excludes halogenated alkanes) is 1. The molecule has 0 aromatic rings. The van der Waals surface area contributed by atoms with Crippen LogP contribution >= 0.6 is 0 Å². The second-order valence-corrected chi connectivity index (χ2v) is 4.76. The zero-order chi connectivity index (χ0) is 12.2. The number of hydrogen-bond donors (Lipinski definition) is 1. The molecule has 2 nitrogen and oxygen atoms in total. The van der Waals surface area contributed by atoms with Crippen molar-refractivity contribution in [2.75, 3.05) is 19.7 Å². The Morgan fingerprint density at radius 2 is 1.88 bits per heavy atom. The molecule has 0 fully saturated rings. The van der Waals surface area contributed by atoms with E-state index in [1.165, 1.54) is 32.1 Å². The molecule has 0 radical (unpaired) electrons. The average molecular weight is 229 g/mol. The highest BCUT2D eigenvalue weighted by atomic mass is 16.5. The highest BCUT2D eigenvalue weighted by Gasteiger charge is 2.08. The smallest absolute Gasteiger partial charge is 0.0671 e. The Morgan fingerprint density at radius 1 is 1.12 bits per heavy atom. The first-order valence-electron chi connectivity index (χ1n) is 7.06. The maximum atomic E-state index is 5.88. The largest absolute Gasteiger partial charge is 0.377 e. The van der Waals surface area contributed by atoms with E-state index in [0.29, 0.717) is 6.10 Å². The van der Waals surface area contributed by atoms with Crippen molar-refractivity contribution >= 4 is 0 Å². The van der Waals surface area contributed by atoms with Gasteiger partial charge in [0, 0.05) is 13.2 Å². The predicted octanol–water partition coefficient (Wildman–Crippen LogP) is 3.61. The fourth-order valence-electron chi connectivity index (χ4n) is 1.74. The molecule has 0 rings (SSSR count). The Hall–Kier alpha value is -0.0800. The van der Waals surface area contributed by atoms with Gasteiger partial charge in [0.2, 0.25) is 0 Å². The molecule has 0 aromatic carbocycles. The second kappa shape index (κ2) is 11.4. The topological polar surface area (TPSA) is 21.3 Å². The molecule has 0 amide bonds. The number of ether oxygens (including phenoxy) is 1. The Balaban J connectivity index is 3.50. The lowest BCUT2D eigenvalue weighted by Gasteiger charge is -2.19. The summed E-state index contributed by atoms with van der Waals surface area (Å²) in [5.74, 6) is 0.758. The minimum Gasteiger partial charge on any atom is -0.377 e. The van der Waals surface area contributed by atoms with Gasteiger partial charge in [0.1, 0.15) is 0 Å². The molecule has 0 aliphatic carbocycles. The molecule has 16 heavy (non-hydrogen) atoms. The van der Waals surface area contributed by atoms with Gasteiger partial charge in [0.25, 0.3) is 0 Å². The van der Waals surface area contributed by atoms with Gasteiger partial charge in [-0.15, -0.1) is 0 Å². The fourth-order valence-corrected chi connectivity index (χ4v) is 1.74. The summed E-state index contributed by atoms with van der Waals surface area (Å²) in [7, 11) is 0. The molecule has 2 heteroatoms. The van der Waals surface area contributed by atoms with E-state index in [2.05, 4.69) is 33.0 Å². The molecule has 0 bridgehead atoms. The van der Waals surface area contributed by atoms with E-state index in [0.717, 1.165) is 25.6 Å². The summed E-state index contributed by atoms with van der Waals surface area (Å²) in [6.45, 7) is 11.9. The van der Waals surface area contributed by atoms with Crippen molar-refractivity contribution in [2.45, 2.75) is 65.9 Å². The van der Waals surface area contributed by atoms with Crippen LogP contribution in [0.5, 0.6) is 0 Å². The molecule has 0 aromatic heterocycles. The zero-order valence-corrected chi connectivity index (χ0v) is 11.7. The number of rotatable bonds is 11. The molecule has 2 unspecified atom stereocenters. The van der Waals surface area contributed by atoms with Crippen molar-refractivity contribution in [3.63, 3.8) is 0 Å². The first-order valence-corrected chi connectivity index (χ1v) is 7.06. The lowest BCUT2D eigenvalue weighted by Crippen LogP contribution is -2.28. The van der Waals surface area contributed by atoms with Crippen LogP contribution in [0.2, 0.25) is 0 Å². The molecule has 0 saturated carbocycles. The number of hydrogen-bond acceptors (Lipinski definition) is 2. The van der Waals surface area contributed by atoms with Gasteiger partial charge in [-0.05, 0) is 32.2 Å². The highest BCUT2D eigenvalue weighted by Crippen LogP contribution is 2.13. The van der Waals surface area contributed by atoms with Gasteiger partial charge in [-0.25, -0.2) is 0 Å². The third-order valence-electron chi connectivity index (χ3n) is 3.02. The Bertz CT molecular complexity index is 139. The maximum absolute atomic E-state index is 5.88. The van der Waals surface area contributed by atoms with Crippen LogP contribution in [0.15, 0.2) is 0 Å². The van der Waals surface area contributed by atoms with Crippen molar-refractivity contribution < 1.29 is 4.74 Å². The van der Waals surface area contributed by atoms with E-state index in [1.807, 2.05) is 0 Å². The van der Waals surface area contributed by atoms with Crippen LogP contribution in [0.25, 0.3) is 0 Å². The standard InChI is InChI=1S/C14H31NO/c1-5-8-9-14(7-3)12-16-13(4)11-15-10-6-2/h13-15H,5-12H2,1-4H3. The van der Waals surface area contributed by atoms with Gasteiger partial charge in [-0.3, -0.25) is 0 Å². The fraction of sp³-hybridized carbons (Fsp3) is 1.00. The highest BCUT2D eigenvalue weighted by molar-refractivity contribution is 4.60. The van der Waals surface area contributed by atoms with Crippen molar-refractivity contribution in [1.29, 1.82) is 0 Å². The van der Waals surface area contributed by atoms with Gasteiger partial charge in [0.05, 0.1) is 6.10 Å². The summed E-state index contributed by atoms with van der Waals surface area (Å²) in [5, 5.41) is 3.39. The first-order chi connectivity index (χ1) is 7.74.